The summed E-state index contributed by atoms with van der Waals surface area (Å²) < 4.78 is 13.5. The molecule has 0 aromatic heterocycles. The van der Waals surface area contributed by atoms with Gasteiger partial charge in [-0.15, -0.1) is 0 Å². The van der Waals surface area contributed by atoms with Crippen LogP contribution in [0, 0.1) is 5.82 Å². The van der Waals surface area contributed by atoms with Crippen molar-refractivity contribution in [2.24, 2.45) is 10.7 Å². The Morgan fingerprint density at radius 3 is 2.71 bits per heavy atom. The number of nitrogens with zero attached hydrogens (tertiary/aromatic N) is 3. The first-order valence-corrected chi connectivity index (χ1v) is 7.33. The molecule has 0 aliphatic carbocycles. The molecule has 1 atom stereocenters. The van der Waals surface area contributed by atoms with E-state index >= 15 is 0 Å². The number of phenolic OH excluding ortho intramolecular Hbond substituents is 1. The van der Waals surface area contributed by atoms with Crippen molar-refractivity contribution in [2.45, 2.75) is 19.9 Å². The van der Waals surface area contributed by atoms with Crippen LogP contribution in [-0.4, -0.2) is 53.6 Å². The highest BCUT2D eigenvalue weighted by atomic mass is 19.1. The molecule has 1 aromatic rings. The summed E-state index contributed by atoms with van der Waals surface area (Å²) in [7, 11) is 0. The van der Waals surface area contributed by atoms with E-state index in [0.717, 1.165) is 32.2 Å². The van der Waals surface area contributed by atoms with Gasteiger partial charge in [-0.2, -0.15) is 0 Å². The van der Waals surface area contributed by atoms with Crippen molar-refractivity contribution < 1.29 is 9.50 Å². The van der Waals surface area contributed by atoms with Crippen LogP contribution < -0.4 is 5.73 Å². The summed E-state index contributed by atoms with van der Waals surface area (Å²) in [5.41, 5.74) is 6.66. The van der Waals surface area contributed by atoms with Gasteiger partial charge in [-0.3, -0.25) is 4.99 Å². The topological polar surface area (TPSA) is 65.1 Å². The highest BCUT2D eigenvalue weighted by molar-refractivity contribution is 5.80. The zero-order valence-corrected chi connectivity index (χ0v) is 12.6. The van der Waals surface area contributed by atoms with Gasteiger partial charge in [0.25, 0.3) is 0 Å². The van der Waals surface area contributed by atoms with Crippen LogP contribution in [-0.2, 0) is 0 Å². The molecule has 0 saturated heterocycles. The number of rotatable bonds is 6. The van der Waals surface area contributed by atoms with E-state index in [9.17, 15) is 9.50 Å². The molecule has 0 saturated carbocycles. The van der Waals surface area contributed by atoms with Gasteiger partial charge in [-0.1, -0.05) is 13.8 Å². The van der Waals surface area contributed by atoms with Gasteiger partial charge < -0.3 is 20.6 Å². The second kappa shape index (κ2) is 6.76. The quantitative estimate of drug-likeness (QED) is 0.835. The summed E-state index contributed by atoms with van der Waals surface area (Å²) in [5, 5.41) is 9.57. The lowest BCUT2D eigenvalue weighted by Gasteiger charge is -2.29. The summed E-state index contributed by atoms with van der Waals surface area (Å²) in [6, 6.07) is 4.00. The smallest absolute Gasteiger partial charge is 0.191 e. The standard InChI is InChI=1S/C15H23FN4O/c1-3-19(4-2)5-6-20-14(10-18-15(20)17)11-7-12(16)9-13(21)8-11/h7-9,14,21H,3-6,10H2,1-2H3,(H2,17,18). The molecule has 1 aliphatic rings. The van der Waals surface area contributed by atoms with E-state index in [4.69, 9.17) is 5.73 Å². The van der Waals surface area contributed by atoms with Crippen molar-refractivity contribution in [3.05, 3.63) is 29.6 Å². The number of phenols is 1. The van der Waals surface area contributed by atoms with Crippen molar-refractivity contribution in [1.82, 2.24) is 9.80 Å². The monoisotopic (exact) mass is 294 g/mol. The maximum atomic E-state index is 13.5. The van der Waals surface area contributed by atoms with Crippen LogP contribution in [0.1, 0.15) is 25.5 Å². The highest BCUT2D eigenvalue weighted by Crippen LogP contribution is 2.28. The molecule has 0 fully saturated rings. The molecule has 5 nitrogen and oxygen atoms in total. The average molecular weight is 294 g/mol. The Hall–Kier alpha value is -1.82. The van der Waals surface area contributed by atoms with Gasteiger partial charge in [0.1, 0.15) is 11.6 Å². The van der Waals surface area contributed by atoms with E-state index in [1.165, 1.54) is 6.07 Å². The summed E-state index contributed by atoms with van der Waals surface area (Å²) in [4.78, 5) is 8.54. The van der Waals surface area contributed by atoms with Crippen LogP contribution in [0.2, 0.25) is 0 Å². The van der Waals surface area contributed by atoms with Crippen LogP contribution in [0.4, 0.5) is 4.39 Å². The molecule has 3 N–H and O–H groups in total. The van der Waals surface area contributed by atoms with Crippen LogP contribution in [0.25, 0.3) is 0 Å². The lowest BCUT2D eigenvalue weighted by Crippen LogP contribution is -2.41. The number of halogens is 1. The maximum absolute atomic E-state index is 13.5. The van der Waals surface area contributed by atoms with Gasteiger partial charge in [0.15, 0.2) is 5.96 Å². The minimum absolute atomic E-state index is 0.0702. The molecule has 0 bridgehead atoms. The fourth-order valence-corrected chi connectivity index (χ4v) is 2.66. The highest BCUT2D eigenvalue weighted by Gasteiger charge is 2.28. The van der Waals surface area contributed by atoms with Crippen LogP contribution in [0.5, 0.6) is 5.75 Å². The van der Waals surface area contributed by atoms with Gasteiger partial charge in [0.2, 0.25) is 0 Å². The number of guanidine groups is 1. The van der Waals surface area contributed by atoms with Gasteiger partial charge in [-0.05, 0) is 30.8 Å². The first-order chi connectivity index (χ1) is 10.0. The lowest BCUT2D eigenvalue weighted by atomic mass is 10.1. The van der Waals surface area contributed by atoms with Crippen molar-refractivity contribution >= 4 is 5.96 Å². The molecule has 0 amide bonds. The normalized spacial score (nSPS) is 18.4. The molecule has 0 spiro atoms. The maximum Gasteiger partial charge on any atom is 0.191 e. The molecular weight excluding hydrogens is 271 g/mol. The fourth-order valence-electron chi connectivity index (χ4n) is 2.66. The SMILES string of the molecule is CCN(CC)CCN1C(N)=NCC1c1cc(O)cc(F)c1. The summed E-state index contributed by atoms with van der Waals surface area (Å²) in [5.74, 6) is -0.0331. The fraction of sp³-hybridized carbons (Fsp3) is 0.533. The van der Waals surface area contributed by atoms with Crippen molar-refractivity contribution in [1.29, 1.82) is 0 Å². The molecule has 2 rings (SSSR count). The van der Waals surface area contributed by atoms with Crippen LogP contribution >= 0.6 is 0 Å². The van der Waals surface area contributed by atoms with E-state index < -0.39 is 5.82 Å². The van der Waals surface area contributed by atoms with Gasteiger partial charge in [0, 0.05) is 19.2 Å². The third-order valence-electron chi connectivity index (χ3n) is 3.94. The lowest BCUT2D eigenvalue weighted by molar-refractivity contribution is 0.248. The van der Waals surface area contributed by atoms with Gasteiger partial charge in [0.05, 0.1) is 12.6 Å². The van der Waals surface area contributed by atoms with Crippen molar-refractivity contribution in [2.75, 3.05) is 32.7 Å². The largest absolute Gasteiger partial charge is 0.508 e. The number of hydrogen-bond acceptors (Lipinski definition) is 5. The number of nitrogens with two attached hydrogens (primary N) is 1. The van der Waals surface area contributed by atoms with E-state index in [0.29, 0.717) is 18.1 Å². The zero-order chi connectivity index (χ0) is 15.4. The zero-order valence-electron chi connectivity index (χ0n) is 12.6. The van der Waals surface area contributed by atoms with E-state index in [1.54, 1.807) is 6.07 Å². The number of aromatic hydroxyl groups is 1. The van der Waals surface area contributed by atoms with E-state index in [-0.39, 0.29) is 11.8 Å². The Labute approximate surface area is 124 Å². The third kappa shape index (κ3) is 3.64. The number of likely N-dealkylation sites (N-methyl/N-ethyl adjacent to an activating group) is 1. The molecular formula is C15H23FN4O. The number of aliphatic imine (C=N–C) groups is 1. The predicted molar refractivity (Wildman–Crippen MR) is 81.8 cm³/mol. The van der Waals surface area contributed by atoms with E-state index in [1.807, 2.05) is 4.90 Å². The number of hydrogen-bond donors (Lipinski definition) is 2. The predicted octanol–water partition coefficient (Wildman–Crippen LogP) is 1.54. The number of benzene rings is 1. The Balaban J connectivity index is 2.12. The Morgan fingerprint density at radius 2 is 2.10 bits per heavy atom. The second-order valence-corrected chi connectivity index (χ2v) is 5.18. The van der Waals surface area contributed by atoms with E-state index in [2.05, 4.69) is 23.7 Å². The second-order valence-electron chi connectivity index (χ2n) is 5.18. The average Bonchev–Trinajstić information content (AvgIpc) is 2.80. The molecule has 1 heterocycles. The van der Waals surface area contributed by atoms with Crippen LogP contribution in [0.3, 0.4) is 0 Å². The van der Waals surface area contributed by atoms with Gasteiger partial charge in [-0.25, -0.2) is 4.39 Å². The Bertz CT molecular complexity index is 496. The van der Waals surface area contributed by atoms with Gasteiger partial charge >= 0.3 is 0 Å². The van der Waals surface area contributed by atoms with Crippen molar-refractivity contribution in [3.8, 4) is 5.75 Å². The molecule has 1 aromatic carbocycles. The first-order valence-electron chi connectivity index (χ1n) is 7.33. The molecule has 6 heteroatoms. The van der Waals surface area contributed by atoms with Crippen LogP contribution in [0.15, 0.2) is 23.2 Å². The first kappa shape index (κ1) is 15.6. The molecule has 1 unspecified atom stereocenters. The Morgan fingerprint density at radius 1 is 1.38 bits per heavy atom. The summed E-state index contributed by atoms with van der Waals surface area (Å²) in [6.07, 6.45) is 0. The minimum Gasteiger partial charge on any atom is -0.508 e. The Kier molecular flexibility index (Phi) is 5.01. The summed E-state index contributed by atoms with van der Waals surface area (Å²) >= 11 is 0. The van der Waals surface area contributed by atoms with Crippen molar-refractivity contribution in [3.63, 3.8) is 0 Å². The summed E-state index contributed by atoms with van der Waals surface area (Å²) in [6.45, 7) is 8.30. The molecule has 116 valence electrons. The minimum atomic E-state index is -0.445. The molecule has 0 radical (unpaired) electrons. The molecule has 1 aliphatic heterocycles. The third-order valence-corrected chi connectivity index (χ3v) is 3.94. The molecule has 21 heavy (non-hydrogen) atoms.